The van der Waals surface area contributed by atoms with Gasteiger partial charge in [0.15, 0.2) is 0 Å². The van der Waals surface area contributed by atoms with Gasteiger partial charge < -0.3 is 9.47 Å². The lowest BCUT2D eigenvalue weighted by molar-refractivity contribution is -0.119. The monoisotopic (exact) mass is 100 g/mol. The number of epoxide rings is 1. The molecule has 2 heterocycles. The third-order valence-corrected chi connectivity index (χ3v) is 1.83. The van der Waals surface area contributed by atoms with Crippen LogP contribution in [0.2, 0.25) is 0 Å². The summed E-state index contributed by atoms with van der Waals surface area (Å²) in [5.41, 5.74) is 0.208. The molecule has 2 unspecified atom stereocenters. The van der Waals surface area contributed by atoms with Gasteiger partial charge in [0.2, 0.25) is 0 Å². The number of hydrogen-bond donors (Lipinski definition) is 0. The van der Waals surface area contributed by atoms with Crippen molar-refractivity contribution in [3.8, 4) is 0 Å². The zero-order valence-corrected chi connectivity index (χ0v) is 4.31. The van der Waals surface area contributed by atoms with Crippen molar-refractivity contribution in [2.45, 2.75) is 18.6 Å². The van der Waals surface area contributed by atoms with Gasteiger partial charge in [0.05, 0.1) is 19.3 Å². The molecule has 0 amide bonds. The summed E-state index contributed by atoms with van der Waals surface area (Å²) < 4.78 is 10.2. The molecule has 0 bridgehead atoms. The third-order valence-electron chi connectivity index (χ3n) is 1.83. The van der Waals surface area contributed by atoms with Crippen LogP contribution in [0.25, 0.3) is 0 Å². The molecular formula is C5H8O2. The van der Waals surface area contributed by atoms with Crippen LogP contribution in [-0.4, -0.2) is 24.9 Å². The minimum atomic E-state index is 0.208. The molecule has 7 heavy (non-hydrogen) atoms. The molecule has 40 valence electrons. The van der Waals surface area contributed by atoms with Crippen LogP contribution in [0.3, 0.4) is 0 Å². The highest BCUT2D eigenvalue weighted by Crippen LogP contribution is 2.40. The highest BCUT2D eigenvalue weighted by Gasteiger charge is 2.57. The van der Waals surface area contributed by atoms with Crippen LogP contribution in [0, 0.1) is 0 Å². The molecule has 0 aromatic heterocycles. The molecule has 0 aromatic rings. The van der Waals surface area contributed by atoms with Gasteiger partial charge in [-0.2, -0.15) is 0 Å². The minimum Gasteiger partial charge on any atom is -0.372 e. The van der Waals surface area contributed by atoms with E-state index in [0.717, 1.165) is 13.2 Å². The van der Waals surface area contributed by atoms with Crippen LogP contribution in [-0.2, 0) is 9.47 Å². The molecule has 2 rings (SSSR count). The Morgan fingerprint density at radius 3 is 2.29 bits per heavy atom. The fourth-order valence-electron chi connectivity index (χ4n) is 0.847. The Bertz CT molecular complexity index is 96.3. The summed E-state index contributed by atoms with van der Waals surface area (Å²) in [5, 5.41) is 0. The fraction of sp³-hybridized carbons (Fsp3) is 1.00. The van der Waals surface area contributed by atoms with E-state index in [1.165, 1.54) is 0 Å². The van der Waals surface area contributed by atoms with Gasteiger partial charge in [-0.15, -0.1) is 0 Å². The summed E-state index contributed by atoms with van der Waals surface area (Å²) in [6.07, 6.45) is 0.368. The Morgan fingerprint density at radius 2 is 2.29 bits per heavy atom. The first kappa shape index (κ1) is 3.87. The summed E-state index contributed by atoms with van der Waals surface area (Å²) in [6, 6.07) is 0. The first-order chi connectivity index (χ1) is 3.33. The second-order valence-corrected chi connectivity index (χ2v) is 2.31. The van der Waals surface area contributed by atoms with E-state index in [4.69, 9.17) is 9.47 Å². The standard InChI is InChI=1S/C5H8O2/c1-4-5(2-6-4)3-7-5/h4H,2-3H2,1H3. The molecule has 2 atom stereocenters. The summed E-state index contributed by atoms with van der Waals surface area (Å²) in [7, 11) is 0. The average molecular weight is 100 g/mol. The summed E-state index contributed by atoms with van der Waals surface area (Å²) in [6.45, 7) is 3.80. The Morgan fingerprint density at radius 1 is 1.57 bits per heavy atom. The van der Waals surface area contributed by atoms with E-state index in [9.17, 15) is 0 Å². The fourth-order valence-corrected chi connectivity index (χ4v) is 0.847. The molecule has 2 nitrogen and oxygen atoms in total. The molecular weight excluding hydrogens is 92.1 g/mol. The van der Waals surface area contributed by atoms with E-state index >= 15 is 0 Å². The van der Waals surface area contributed by atoms with E-state index in [2.05, 4.69) is 6.92 Å². The zero-order valence-electron chi connectivity index (χ0n) is 4.31. The Balaban J connectivity index is 2.09. The van der Waals surface area contributed by atoms with Crippen molar-refractivity contribution >= 4 is 0 Å². The predicted molar refractivity (Wildman–Crippen MR) is 24.1 cm³/mol. The van der Waals surface area contributed by atoms with E-state index in [1.807, 2.05) is 0 Å². The molecule has 0 aliphatic carbocycles. The van der Waals surface area contributed by atoms with Crippen molar-refractivity contribution in [1.82, 2.24) is 0 Å². The maximum absolute atomic E-state index is 5.12. The van der Waals surface area contributed by atoms with Crippen LogP contribution < -0.4 is 0 Å². The van der Waals surface area contributed by atoms with Crippen LogP contribution >= 0.6 is 0 Å². The van der Waals surface area contributed by atoms with E-state index in [1.54, 1.807) is 0 Å². The van der Waals surface area contributed by atoms with Crippen LogP contribution in [0.5, 0.6) is 0 Å². The van der Waals surface area contributed by atoms with Crippen molar-refractivity contribution in [2.75, 3.05) is 13.2 Å². The van der Waals surface area contributed by atoms with Gasteiger partial charge in [0.25, 0.3) is 0 Å². The highest BCUT2D eigenvalue weighted by atomic mass is 16.7. The summed E-state index contributed by atoms with van der Waals surface area (Å²) >= 11 is 0. The van der Waals surface area contributed by atoms with Gasteiger partial charge >= 0.3 is 0 Å². The maximum atomic E-state index is 5.12. The Hall–Kier alpha value is -0.0800. The van der Waals surface area contributed by atoms with Crippen LogP contribution in [0.1, 0.15) is 6.92 Å². The highest BCUT2D eigenvalue weighted by molar-refractivity contribution is 5.04. The number of rotatable bonds is 0. The van der Waals surface area contributed by atoms with Gasteiger partial charge in [0, 0.05) is 0 Å². The van der Waals surface area contributed by atoms with Gasteiger partial charge in [0.1, 0.15) is 5.60 Å². The van der Waals surface area contributed by atoms with Crippen molar-refractivity contribution in [3.63, 3.8) is 0 Å². The molecule has 2 aliphatic heterocycles. The second-order valence-electron chi connectivity index (χ2n) is 2.31. The SMILES string of the molecule is CC1OCC12CO2. The van der Waals surface area contributed by atoms with Gasteiger partial charge in [-0.05, 0) is 6.92 Å². The van der Waals surface area contributed by atoms with Crippen LogP contribution in [0.15, 0.2) is 0 Å². The van der Waals surface area contributed by atoms with Crippen molar-refractivity contribution in [1.29, 1.82) is 0 Å². The van der Waals surface area contributed by atoms with Crippen molar-refractivity contribution < 1.29 is 9.47 Å². The molecule has 2 aliphatic rings. The second kappa shape index (κ2) is 0.858. The maximum Gasteiger partial charge on any atom is 0.140 e. The quantitative estimate of drug-likeness (QED) is 0.405. The molecule has 0 saturated carbocycles. The minimum absolute atomic E-state index is 0.208. The molecule has 0 radical (unpaired) electrons. The summed E-state index contributed by atoms with van der Waals surface area (Å²) in [4.78, 5) is 0. The van der Waals surface area contributed by atoms with Gasteiger partial charge in [-0.3, -0.25) is 0 Å². The molecule has 2 heteroatoms. The number of hydrogen-bond acceptors (Lipinski definition) is 2. The normalized spacial score (nSPS) is 57.0. The Labute approximate surface area is 42.4 Å². The lowest BCUT2D eigenvalue weighted by Gasteiger charge is -2.30. The van der Waals surface area contributed by atoms with Crippen molar-refractivity contribution in [2.24, 2.45) is 0 Å². The van der Waals surface area contributed by atoms with Crippen LogP contribution in [0.4, 0.5) is 0 Å². The molecule has 2 saturated heterocycles. The van der Waals surface area contributed by atoms with E-state index < -0.39 is 0 Å². The summed E-state index contributed by atoms with van der Waals surface area (Å²) in [5.74, 6) is 0. The van der Waals surface area contributed by atoms with Crippen molar-refractivity contribution in [3.05, 3.63) is 0 Å². The molecule has 2 fully saturated rings. The van der Waals surface area contributed by atoms with E-state index in [0.29, 0.717) is 6.10 Å². The Kier molecular flexibility index (Phi) is 0.474. The molecule has 1 spiro atoms. The topological polar surface area (TPSA) is 21.8 Å². The third kappa shape index (κ3) is 0.318. The first-order valence-electron chi connectivity index (χ1n) is 2.59. The van der Waals surface area contributed by atoms with Gasteiger partial charge in [-0.25, -0.2) is 0 Å². The lowest BCUT2D eigenvalue weighted by Crippen LogP contribution is -2.46. The predicted octanol–water partition coefficient (Wildman–Crippen LogP) is 0.174. The largest absolute Gasteiger partial charge is 0.372 e. The lowest BCUT2D eigenvalue weighted by atomic mass is 10.0. The van der Waals surface area contributed by atoms with E-state index in [-0.39, 0.29) is 5.60 Å². The average Bonchev–Trinajstić information content (AvgIpc) is 2.40. The zero-order chi connectivity index (χ0) is 4.91. The number of ether oxygens (including phenoxy) is 2. The molecule has 0 aromatic carbocycles. The first-order valence-corrected chi connectivity index (χ1v) is 2.59. The van der Waals surface area contributed by atoms with Gasteiger partial charge in [-0.1, -0.05) is 0 Å². The smallest absolute Gasteiger partial charge is 0.140 e. The molecule has 0 N–H and O–H groups in total.